The van der Waals surface area contributed by atoms with E-state index in [1.165, 1.54) is 11.4 Å². The number of imidazole rings is 1. The highest BCUT2D eigenvalue weighted by Crippen LogP contribution is 2.26. The van der Waals surface area contributed by atoms with Gasteiger partial charge in [0.25, 0.3) is 0 Å². The minimum atomic E-state index is 0.802. The van der Waals surface area contributed by atoms with Crippen LogP contribution in [0.5, 0.6) is 0 Å². The number of benzene rings is 2. The lowest BCUT2D eigenvalue weighted by atomic mass is 10.2. The highest BCUT2D eigenvalue weighted by Gasteiger charge is 2.18. The van der Waals surface area contributed by atoms with Gasteiger partial charge < -0.3 is 9.80 Å². The number of hydrogen-bond acceptors (Lipinski definition) is 6. The fourth-order valence-corrected chi connectivity index (χ4v) is 4.26. The number of anilines is 2. The number of pyridine rings is 1. The van der Waals surface area contributed by atoms with Gasteiger partial charge in [0.1, 0.15) is 18.4 Å². The molecule has 0 spiro atoms. The molecule has 0 aliphatic carbocycles. The minimum absolute atomic E-state index is 0.802. The topological polar surface area (TPSA) is 68.6 Å². The smallest absolute Gasteiger partial charge is 0.368 e. The Bertz CT molecular complexity index is 1340. The predicted octanol–water partition coefficient (Wildman–Crippen LogP) is 4.83. The van der Waals surface area contributed by atoms with E-state index in [9.17, 15) is 0 Å². The van der Waals surface area contributed by atoms with Crippen molar-refractivity contribution in [2.75, 3.05) is 36.0 Å². The van der Waals surface area contributed by atoms with Gasteiger partial charge in [0.15, 0.2) is 12.4 Å². The number of rotatable bonds is 6. The Morgan fingerprint density at radius 1 is 0.639 bits per heavy atom. The van der Waals surface area contributed by atoms with Gasteiger partial charge in [0.05, 0.1) is 32.2 Å². The van der Waals surface area contributed by atoms with Crippen LogP contribution in [0.25, 0.3) is 0 Å². The largest absolute Gasteiger partial charge is 0.421 e. The molecule has 2 aromatic carbocycles. The van der Waals surface area contributed by atoms with Gasteiger partial charge in [-0.25, -0.2) is 13.7 Å². The Hall–Kier alpha value is -4.40. The lowest BCUT2D eigenvalue weighted by Crippen LogP contribution is -2.46. The summed E-state index contributed by atoms with van der Waals surface area (Å²) in [6.07, 6.45) is 7.84. The summed E-state index contributed by atoms with van der Waals surface area (Å²) in [7, 11) is 5.90. The molecule has 9 nitrogen and oxygen atoms in total. The fourth-order valence-electron chi connectivity index (χ4n) is 4.26. The highest BCUT2D eigenvalue weighted by molar-refractivity contribution is 5.56. The normalized spacial score (nSPS) is 14.3. The number of aryl methyl sites for hydroxylation is 3. The van der Waals surface area contributed by atoms with E-state index in [-0.39, 0.29) is 0 Å². The standard InChI is InChI=1S/C27H31N9/c1-32-14-4-5-24(21-32)30-28-22-6-10-25(11-7-22)35-17-19-36(20-18-35)26-12-8-23(9-13-26)29-31-27-33(2)15-16-34(27)3/h4-16,21H,17-20H2,1-3H3/q+2/b30-28+. The third-order valence-electron chi connectivity index (χ3n) is 6.31. The van der Waals surface area contributed by atoms with Crippen molar-refractivity contribution < 1.29 is 9.13 Å². The van der Waals surface area contributed by atoms with Gasteiger partial charge >= 0.3 is 5.95 Å². The van der Waals surface area contributed by atoms with Gasteiger partial charge in [-0.05, 0) is 54.6 Å². The summed E-state index contributed by atoms with van der Waals surface area (Å²) >= 11 is 0. The number of nitrogens with zero attached hydrogens (tertiary/aromatic N) is 9. The zero-order valence-corrected chi connectivity index (χ0v) is 20.9. The van der Waals surface area contributed by atoms with Crippen LogP contribution in [0, 0.1) is 0 Å². The van der Waals surface area contributed by atoms with Crippen LogP contribution in [0.2, 0.25) is 0 Å². The van der Waals surface area contributed by atoms with Crippen LogP contribution in [0.1, 0.15) is 0 Å². The molecular weight excluding hydrogens is 450 g/mol. The van der Waals surface area contributed by atoms with Gasteiger partial charge in [-0.2, -0.15) is 5.11 Å². The van der Waals surface area contributed by atoms with E-state index < -0.39 is 0 Å². The summed E-state index contributed by atoms with van der Waals surface area (Å²) in [5.74, 6) is 0.802. The van der Waals surface area contributed by atoms with Crippen LogP contribution < -0.4 is 18.9 Å². The first-order chi connectivity index (χ1) is 17.5. The van der Waals surface area contributed by atoms with Crippen molar-refractivity contribution >= 4 is 34.4 Å². The van der Waals surface area contributed by atoms with E-state index >= 15 is 0 Å². The van der Waals surface area contributed by atoms with Crippen LogP contribution >= 0.6 is 0 Å². The Morgan fingerprint density at radius 3 is 1.67 bits per heavy atom. The zero-order valence-electron chi connectivity index (χ0n) is 20.9. The minimum Gasteiger partial charge on any atom is -0.368 e. The predicted molar refractivity (Wildman–Crippen MR) is 140 cm³/mol. The van der Waals surface area contributed by atoms with Gasteiger partial charge in [-0.15, -0.1) is 5.11 Å². The molecule has 9 heteroatoms. The monoisotopic (exact) mass is 481 g/mol. The quantitative estimate of drug-likeness (QED) is 0.292. The van der Waals surface area contributed by atoms with Crippen LogP contribution in [0.4, 0.5) is 34.4 Å². The van der Waals surface area contributed by atoms with E-state index in [1.807, 2.05) is 96.0 Å². The molecule has 36 heavy (non-hydrogen) atoms. The molecule has 1 saturated heterocycles. The van der Waals surface area contributed by atoms with Crippen molar-refractivity contribution in [3.05, 3.63) is 85.5 Å². The van der Waals surface area contributed by atoms with Crippen molar-refractivity contribution in [2.24, 2.45) is 41.6 Å². The second-order valence-corrected chi connectivity index (χ2v) is 8.95. The fraction of sp³-hybridized carbons (Fsp3) is 0.259. The van der Waals surface area contributed by atoms with Crippen molar-refractivity contribution in [3.8, 4) is 0 Å². The summed E-state index contributed by atoms with van der Waals surface area (Å²) in [5.41, 5.74) is 4.95. The third kappa shape index (κ3) is 5.46. The van der Waals surface area contributed by atoms with Gasteiger partial charge in [-0.3, -0.25) is 0 Å². The SMILES string of the molecule is Cn1cc[n+](C)c1/N=N/c1ccc(N2CCN(c3ccc(/N=N/c4ccc[n+](C)c4)cc3)CC2)cc1. The Morgan fingerprint density at radius 2 is 1.17 bits per heavy atom. The van der Waals surface area contributed by atoms with Crippen molar-refractivity contribution in [3.63, 3.8) is 0 Å². The Balaban J connectivity index is 1.15. The molecule has 0 bridgehead atoms. The highest BCUT2D eigenvalue weighted by atomic mass is 15.3. The number of piperazine rings is 1. The van der Waals surface area contributed by atoms with Crippen LogP contribution in [0.3, 0.4) is 0 Å². The number of hydrogen-bond donors (Lipinski definition) is 0. The van der Waals surface area contributed by atoms with Crippen molar-refractivity contribution in [2.45, 2.75) is 0 Å². The van der Waals surface area contributed by atoms with Crippen molar-refractivity contribution in [1.82, 2.24) is 4.57 Å². The molecule has 0 atom stereocenters. The molecule has 0 saturated carbocycles. The Labute approximate surface area is 211 Å². The Kier molecular flexibility index (Phi) is 6.79. The summed E-state index contributed by atoms with van der Waals surface area (Å²) in [4.78, 5) is 4.83. The second kappa shape index (κ2) is 10.5. The first-order valence-corrected chi connectivity index (χ1v) is 12.0. The maximum atomic E-state index is 4.39. The number of aromatic nitrogens is 3. The lowest BCUT2D eigenvalue weighted by Gasteiger charge is -2.37. The summed E-state index contributed by atoms with van der Waals surface area (Å²) < 4.78 is 5.85. The van der Waals surface area contributed by atoms with Crippen LogP contribution in [-0.4, -0.2) is 30.7 Å². The van der Waals surface area contributed by atoms with Gasteiger partial charge in [-0.1, -0.05) is 5.11 Å². The molecular formula is C27H31N9+2. The summed E-state index contributed by atoms with van der Waals surface area (Å²) in [5, 5.41) is 17.5. The molecule has 0 amide bonds. The molecule has 182 valence electrons. The molecule has 5 rings (SSSR count). The molecule has 1 aliphatic rings. The second-order valence-electron chi connectivity index (χ2n) is 8.95. The maximum Gasteiger partial charge on any atom is 0.421 e. The van der Waals surface area contributed by atoms with Gasteiger partial charge in [0.2, 0.25) is 0 Å². The molecule has 2 aromatic heterocycles. The molecule has 3 heterocycles. The van der Waals surface area contributed by atoms with Gasteiger partial charge in [0, 0.05) is 48.7 Å². The van der Waals surface area contributed by atoms with Crippen LogP contribution in [0.15, 0.2) is 106 Å². The third-order valence-corrected chi connectivity index (χ3v) is 6.31. The zero-order chi connectivity index (χ0) is 24.9. The van der Waals surface area contributed by atoms with Crippen molar-refractivity contribution in [1.29, 1.82) is 0 Å². The number of azo groups is 2. The molecule has 0 unspecified atom stereocenters. The molecule has 0 N–H and O–H groups in total. The molecule has 4 aromatic rings. The first-order valence-electron chi connectivity index (χ1n) is 12.0. The molecule has 1 fully saturated rings. The van der Waals surface area contributed by atoms with E-state index in [0.717, 1.165) is 49.2 Å². The summed E-state index contributed by atoms with van der Waals surface area (Å²) in [6, 6.07) is 20.5. The first kappa shape index (κ1) is 23.3. The van der Waals surface area contributed by atoms with Crippen LogP contribution in [-0.2, 0) is 21.1 Å². The average molecular weight is 482 g/mol. The van der Waals surface area contributed by atoms with E-state index in [2.05, 4.69) is 54.5 Å². The van der Waals surface area contributed by atoms with E-state index in [0.29, 0.717) is 0 Å². The summed E-state index contributed by atoms with van der Waals surface area (Å²) in [6.45, 7) is 3.86. The maximum absolute atomic E-state index is 4.39. The molecule has 1 aliphatic heterocycles. The molecule has 0 radical (unpaired) electrons. The lowest BCUT2D eigenvalue weighted by molar-refractivity contribution is -0.670. The van der Waals surface area contributed by atoms with E-state index in [1.54, 1.807) is 0 Å². The average Bonchev–Trinajstić information content (AvgIpc) is 3.24. The van der Waals surface area contributed by atoms with E-state index in [4.69, 9.17) is 0 Å².